The smallest absolute Gasteiger partial charge is 0.254 e. The summed E-state index contributed by atoms with van der Waals surface area (Å²) in [7, 11) is 0. The molecular formula is C21H27N3O3S. The van der Waals surface area contributed by atoms with Gasteiger partial charge in [-0.2, -0.15) is 11.8 Å². The van der Waals surface area contributed by atoms with Crippen LogP contribution in [0.2, 0.25) is 0 Å². The first-order valence-electron chi connectivity index (χ1n) is 9.70. The van der Waals surface area contributed by atoms with E-state index in [4.69, 9.17) is 0 Å². The van der Waals surface area contributed by atoms with E-state index in [1.54, 1.807) is 4.90 Å². The van der Waals surface area contributed by atoms with Crippen molar-refractivity contribution in [1.29, 1.82) is 0 Å². The molecule has 1 N–H and O–H groups in total. The Kier molecular flexibility index (Phi) is 6.78. The molecule has 0 bridgehead atoms. The lowest BCUT2D eigenvalue weighted by Gasteiger charge is -2.31. The van der Waals surface area contributed by atoms with E-state index in [1.807, 2.05) is 41.8 Å². The molecule has 0 radical (unpaired) electrons. The molecule has 1 aromatic carbocycles. The van der Waals surface area contributed by atoms with E-state index in [1.165, 1.54) is 6.08 Å². The lowest BCUT2D eigenvalue weighted by Crippen LogP contribution is -2.43. The van der Waals surface area contributed by atoms with Crippen LogP contribution >= 0.6 is 11.8 Å². The van der Waals surface area contributed by atoms with Gasteiger partial charge in [-0.1, -0.05) is 12.6 Å². The van der Waals surface area contributed by atoms with Gasteiger partial charge in [0.05, 0.1) is 5.92 Å². The van der Waals surface area contributed by atoms with Gasteiger partial charge in [0.25, 0.3) is 5.91 Å². The predicted molar refractivity (Wildman–Crippen MR) is 113 cm³/mol. The fourth-order valence-corrected chi connectivity index (χ4v) is 4.60. The minimum absolute atomic E-state index is 0.0225. The highest BCUT2D eigenvalue weighted by molar-refractivity contribution is 7.99. The molecule has 7 heteroatoms. The second kappa shape index (κ2) is 9.28. The third-order valence-electron chi connectivity index (χ3n) is 5.40. The van der Waals surface area contributed by atoms with E-state index in [0.717, 1.165) is 43.0 Å². The van der Waals surface area contributed by atoms with E-state index in [2.05, 4.69) is 11.9 Å². The van der Waals surface area contributed by atoms with Crippen molar-refractivity contribution in [3.8, 4) is 0 Å². The Bertz CT molecular complexity index is 774. The number of rotatable bonds is 4. The molecule has 2 saturated heterocycles. The van der Waals surface area contributed by atoms with Gasteiger partial charge in [-0.25, -0.2) is 0 Å². The number of anilines is 1. The van der Waals surface area contributed by atoms with Crippen LogP contribution in [-0.4, -0.2) is 65.2 Å². The number of carbonyl (C=O) groups is 3. The molecule has 1 unspecified atom stereocenters. The van der Waals surface area contributed by atoms with E-state index in [-0.39, 0.29) is 23.6 Å². The number of amides is 3. The highest BCUT2D eigenvalue weighted by Gasteiger charge is 2.28. The highest BCUT2D eigenvalue weighted by atomic mass is 32.2. The third kappa shape index (κ3) is 4.58. The summed E-state index contributed by atoms with van der Waals surface area (Å²) in [6.07, 6.45) is 2.83. The Hall–Kier alpha value is -2.28. The normalized spacial score (nSPS) is 19.8. The number of thioether (sulfide) groups is 1. The molecule has 3 rings (SSSR count). The van der Waals surface area contributed by atoms with Gasteiger partial charge >= 0.3 is 0 Å². The molecule has 0 saturated carbocycles. The first-order chi connectivity index (χ1) is 13.5. The van der Waals surface area contributed by atoms with Crippen LogP contribution in [0.25, 0.3) is 0 Å². The number of piperidine rings is 1. The molecule has 0 aliphatic carbocycles. The van der Waals surface area contributed by atoms with Crippen molar-refractivity contribution in [2.75, 3.05) is 43.0 Å². The summed E-state index contributed by atoms with van der Waals surface area (Å²) in [5, 5.41) is 2.98. The largest absolute Gasteiger partial charge is 0.338 e. The highest BCUT2D eigenvalue weighted by Crippen LogP contribution is 2.24. The van der Waals surface area contributed by atoms with Crippen molar-refractivity contribution in [3.05, 3.63) is 42.0 Å². The van der Waals surface area contributed by atoms with Gasteiger partial charge in [-0.15, -0.1) is 0 Å². The van der Waals surface area contributed by atoms with Crippen LogP contribution in [0.4, 0.5) is 5.69 Å². The van der Waals surface area contributed by atoms with Crippen LogP contribution in [0.5, 0.6) is 0 Å². The van der Waals surface area contributed by atoms with Crippen LogP contribution in [-0.2, 0) is 9.59 Å². The number of carbonyl (C=O) groups excluding carboxylic acids is 3. The van der Waals surface area contributed by atoms with Gasteiger partial charge in [-0.3, -0.25) is 14.4 Å². The van der Waals surface area contributed by atoms with E-state index >= 15 is 0 Å². The second-order valence-electron chi connectivity index (χ2n) is 7.20. The van der Waals surface area contributed by atoms with Crippen molar-refractivity contribution in [2.45, 2.75) is 19.8 Å². The number of hydrogen-bond acceptors (Lipinski definition) is 4. The van der Waals surface area contributed by atoms with Crippen molar-refractivity contribution in [1.82, 2.24) is 9.80 Å². The molecule has 150 valence electrons. The summed E-state index contributed by atoms with van der Waals surface area (Å²) in [6, 6.07) is 5.45. The monoisotopic (exact) mass is 401 g/mol. The molecular weight excluding hydrogens is 374 g/mol. The Labute approximate surface area is 170 Å². The molecule has 2 fully saturated rings. The molecule has 1 aromatic rings. The molecule has 0 aromatic heterocycles. The quantitative estimate of drug-likeness (QED) is 0.788. The lowest BCUT2D eigenvalue weighted by molar-refractivity contribution is -0.130. The first-order valence-corrected chi connectivity index (χ1v) is 10.9. The van der Waals surface area contributed by atoms with Crippen molar-refractivity contribution >= 4 is 35.2 Å². The van der Waals surface area contributed by atoms with Gasteiger partial charge < -0.3 is 15.1 Å². The summed E-state index contributed by atoms with van der Waals surface area (Å²) in [4.78, 5) is 41.0. The molecule has 2 aliphatic rings. The number of likely N-dealkylation sites (tertiary alicyclic amines) is 1. The standard InChI is InChI=1S/C21H27N3O3S/c1-3-19(25)24-9-5-6-16(14-24)20(26)22-18-8-4-7-17(15(18)2)21(27)23-10-12-28-13-11-23/h3-4,7-8,16H,1,5-6,9-14H2,2H3,(H,22,26). The summed E-state index contributed by atoms with van der Waals surface area (Å²) in [5.74, 6) is 1.44. The first kappa shape index (κ1) is 20.5. The Morgan fingerprint density at radius 1 is 1.18 bits per heavy atom. The van der Waals surface area contributed by atoms with Gasteiger partial charge in [0.15, 0.2) is 0 Å². The van der Waals surface area contributed by atoms with Crippen LogP contribution in [0.3, 0.4) is 0 Å². The molecule has 3 amide bonds. The minimum atomic E-state index is -0.254. The van der Waals surface area contributed by atoms with E-state index in [9.17, 15) is 14.4 Å². The zero-order chi connectivity index (χ0) is 20.1. The van der Waals surface area contributed by atoms with Crippen molar-refractivity contribution in [3.63, 3.8) is 0 Å². The fourth-order valence-electron chi connectivity index (χ4n) is 3.69. The van der Waals surface area contributed by atoms with Gasteiger partial charge in [0.2, 0.25) is 11.8 Å². The fraction of sp³-hybridized carbons (Fsp3) is 0.476. The summed E-state index contributed by atoms with van der Waals surface area (Å²) in [6.45, 7) is 7.97. The van der Waals surface area contributed by atoms with Crippen LogP contribution in [0, 0.1) is 12.8 Å². The third-order valence-corrected chi connectivity index (χ3v) is 6.34. The topological polar surface area (TPSA) is 69.7 Å². The summed E-state index contributed by atoms with van der Waals surface area (Å²) < 4.78 is 0. The Morgan fingerprint density at radius 2 is 1.93 bits per heavy atom. The van der Waals surface area contributed by atoms with Crippen LogP contribution in [0.15, 0.2) is 30.9 Å². The van der Waals surface area contributed by atoms with Crippen molar-refractivity contribution < 1.29 is 14.4 Å². The zero-order valence-electron chi connectivity index (χ0n) is 16.3. The number of nitrogens with zero attached hydrogens (tertiary/aromatic N) is 2. The average Bonchev–Trinajstić information content (AvgIpc) is 2.74. The van der Waals surface area contributed by atoms with Crippen molar-refractivity contribution in [2.24, 2.45) is 5.92 Å². The maximum atomic E-state index is 12.9. The van der Waals surface area contributed by atoms with Gasteiger partial charge in [0.1, 0.15) is 0 Å². The minimum Gasteiger partial charge on any atom is -0.338 e. The van der Waals surface area contributed by atoms with Gasteiger partial charge in [0, 0.05) is 48.9 Å². The molecule has 0 spiro atoms. The zero-order valence-corrected chi connectivity index (χ0v) is 17.1. The SMILES string of the molecule is C=CC(=O)N1CCCC(C(=O)Nc2cccc(C(=O)N3CCSCC3)c2C)C1. The maximum absolute atomic E-state index is 12.9. The number of benzene rings is 1. The average molecular weight is 402 g/mol. The molecule has 6 nitrogen and oxygen atoms in total. The molecule has 2 aliphatic heterocycles. The van der Waals surface area contributed by atoms with E-state index in [0.29, 0.717) is 24.3 Å². The molecule has 1 atom stereocenters. The summed E-state index contributed by atoms with van der Waals surface area (Å²) >= 11 is 1.86. The number of nitrogens with one attached hydrogen (secondary N) is 1. The van der Waals surface area contributed by atoms with Crippen LogP contribution < -0.4 is 5.32 Å². The lowest BCUT2D eigenvalue weighted by atomic mass is 9.96. The second-order valence-corrected chi connectivity index (χ2v) is 8.42. The van der Waals surface area contributed by atoms with Crippen LogP contribution in [0.1, 0.15) is 28.8 Å². The Morgan fingerprint density at radius 3 is 2.64 bits per heavy atom. The molecule has 2 heterocycles. The maximum Gasteiger partial charge on any atom is 0.254 e. The Balaban J connectivity index is 1.70. The number of hydrogen-bond donors (Lipinski definition) is 1. The summed E-state index contributed by atoms with van der Waals surface area (Å²) in [5.41, 5.74) is 2.08. The van der Waals surface area contributed by atoms with Gasteiger partial charge in [-0.05, 0) is 43.5 Å². The van der Waals surface area contributed by atoms with E-state index < -0.39 is 0 Å². The molecule has 28 heavy (non-hydrogen) atoms. The predicted octanol–water partition coefficient (Wildman–Crippen LogP) is 2.55.